The van der Waals surface area contributed by atoms with Crippen molar-refractivity contribution in [2.75, 3.05) is 0 Å². The summed E-state index contributed by atoms with van der Waals surface area (Å²) in [5.41, 5.74) is 1.91. The van der Waals surface area contributed by atoms with Gasteiger partial charge in [-0.15, -0.1) is 0 Å². The molecule has 0 amide bonds. The Morgan fingerprint density at radius 3 is 2.69 bits per heavy atom. The van der Waals surface area contributed by atoms with E-state index in [1.165, 1.54) is 12.0 Å². The Balaban J connectivity index is 2.17. The minimum Gasteiger partial charge on any atom is -0.393 e. The SMILES string of the molecule is CC1=CC2C(CC1C(C)O)C2(C)C. The van der Waals surface area contributed by atoms with Crippen LogP contribution in [0.5, 0.6) is 0 Å². The average Bonchev–Trinajstić information content (AvgIpc) is 2.52. The smallest absolute Gasteiger partial charge is 0.0577 e. The Morgan fingerprint density at radius 2 is 2.15 bits per heavy atom. The maximum Gasteiger partial charge on any atom is 0.0577 e. The Bertz CT molecular complexity index is 250. The summed E-state index contributed by atoms with van der Waals surface area (Å²) in [4.78, 5) is 0. The molecule has 0 aliphatic heterocycles. The van der Waals surface area contributed by atoms with Gasteiger partial charge >= 0.3 is 0 Å². The molecular formula is C12H20O. The molecule has 0 aromatic heterocycles. The molecule has 74 valence electrons. The van der Waals surface area contributed by atoms with E-state index in [-0.39, 0.29) is 6.10 Å². The second-order valence-electron chi connectivity index (χ2n) is 5.45. The quantitative estimate of drug-likeness (QED) is 0.615. The zero-order valence-electron chi connectivity index (χ0n) is 9.04. The van der Waals surface area contributed by atoms with Crippen LogP contribution in [0.4, 0.5) is 0 Å². The van der Waals surface area contributed by atoms with Gasteiger partial charge < -0.3 is 5.11 Å². The summed E-state index contributed by atoms with van der Waals surface area (Å²) in [6.07, 6.45) is 3.41. The van der Waals surface area contributed by atoms with Gasteiger partial charge in [0.05, 0.1) is 6.10 Å². The first-order valence-electron chi connectivity index (χ1n) is 5.31. The number of fused-ring (bicyclic) bond motifs is 1. The van der Waals surface area contributed by atoms with Crippen molar-refractivity contribution in [3.05, 3.63) is 11.6 Å². The Hall–Kier alpha value is -0.300. The molecule has 13 heavy (non-hydrogen) atoms. The van der Waals surface area contributed by atoms with E-state index >= 15 is 0 Å². The lowest BCUT2D eigenvalue weighted by atomic mass is 9.85. The van der Waals surface area contributed by atoms with Crippen LogP contribution >= 0.6 is 0 Å². The van der Waals surface area contributed by atoms with Crippen molar-refractivity contribution in [2.45, 2.75) is 40.2 Å². The molecule has 1 nitrogen and oxygen atoms in total. The van der Waals surface area contributed by atoms with E-state index in [0.717, 1.165) is 11.8 Å². The van der Waals surface area contributed by atoms with E-state index in [4.69, 9.17) is 0 Å². The molecule has 4 atom stereocenters. The van der Waals surface area contributed by atoms with Gasteiger partial charge in [0.25, 0.3) is 0 Å². The topological polar surface area (TPSA) is 20.2 Å². The third-order valence-corrected chi connectivity index (χ3v) is 4.26. The minimum absolute atomic E-state index is 0.173. The highest BCUT2D eigenvalue weighted by Gasteiger charge is 2.58. The molecule has 0 bridgehead atoms. The normalized spacial score (nSPS) is 43.5. The van der Waals surface area contributed by atoms with E-state index in [9.17, 15) is 5.11 Å². The Labute approximate surface area is 80.8 Å². The van der Waals surface area contributed by atoms with Crippen molar-refractivity contribution in [1.82, 2.24) is 0 Å². The van der Waals surface area contributed by atoms with E-state index in [1.54, 1.807) is 0 Å². The molecular weight excluding hydrogens is 160 g/mol. The van der Waals surface area contributed by atoms with Gasteiger partial charge in [-0.3, -0.25) is 0 Å². The first kappa shape index (κ1) is 9.26. The number of hydrogen-bond acceptors (Lipinski definition) is 1. The fourth-order valence-electron chi connectivity index (χ4n) is 3.01. The van der Waals surface area contributed by atoms with Gasteiger partial charge in [-0.05, 0) is 37.5 Å². The van der Waals surface area contributed by atoms with Gasteiger partial charge in [0.2, 0.25) is 0 Å². The molecule has 2 aliphatic carbocycles. The van der Waals surface area contributed by atoms with Gasteiger partial charge in [0.1, 0.15) is 0 Å². The molecule has 1 saturated carbocycles. The van der Waals surface area contributed by atoms with Gasteiger partial charge in [-0.2, -0.15) is 0 Å². The number of aliphatic hydroxyl groups is 1. The largest absolute Gasteiger partial charge is 0.393 e. The predicted molar refractivity (Wildman–Crippen MR) is 54.3 cm³/mol. The monoisotopic (exact) mass is 180 g/mol. The molecule has 0 aromatic carbocycles. The zero-order valence-corrected chi connectivity index (χ0v) is 9.04. The number of hydrogen-bond donors (Lipinski definition) is 1. The van der Waals surface area contributed by atoms with Crippen LogP contribution in [0.1, 0.15) is 34.1 Å². The molecule has 1 fully saturated rings. The van der Waals surface area contributed by atoms with Gasteiger partial charge in [0.15, 0.2) is 0 Å². The molecule has 2 rings (SSSR count). The molecule has 0 spiro atoms. The van der Waals surface area contributed by atoms with Crippen molar-refractivity contribution in [1.29, 1.82) is 0 Å². The zero-order chi connectivity index (χ0) is 9.80. The highest BCUT2D eigenvalue weighted by molar-refractivity contribution is 5.25. The van der Waals surface area contributed by atoms with Crippen molar-refractivity contribution in [2.24, 2.45) is 23.2 Å². The molecule has 0 aromatic rings. The van der Waals surface area contributed by atoms with Crippen molar-refractivity contribution >= 4 is 0 Å². The summed E-state index contributed by atoms with van der Waals surface area (Å²) in [5.74, 6) is 2.04. The average molecular weight is 180 g/mol. The van der Waals surface area contributed by atoms with Crippen LogP contribution in [0, 0.1) is 23.2 Å². The maximum absolute atomic E-state index is 9.61. The number of aliphatic hydroxyl groups excluding tert-OH is 1. The first-order valence-corrected chi connectivity index (χ1v) is 5.31. The van der Waals surface area contributed by atoms with Crippen molar-refractivity contribution < 1.29 is 5.11 Å². The van der Waals surface area contributed by atoms with E-state index < -0.39 is 0 Å². The molecule has 4 unspecified atom stereocenters. The standard InChI is InChI=1S/C12H20O/c1-7-5-10-11(12(10,3)4)6-9(7)8(2)13/h5,8-11,13H,6H2,1-4H3. The molecule has 1 N–H and O–H groups in total. The first-order chi connectivity index (χ1) is 5.94. The predicted octanol–water partition coefficient (Wildman–Crippen LogP) is 2.61. The van der Waals surface area contributed by atoms with Crippen LogP contribution in [0.25, 0.3) is 0 Å². The van der Waals surface area contributed by atoms with Crippen LogP contribution in [-0.2, 0) is 0 Å². The molecule has 0 radical (unpaired) electrons. The summed E-state index contributed by atoms with van der Waals surface area (Å²) in [7, 11) is 0. The highest BCUT2D eigenvalue weighted by atomic mass is 16.3. The lowest BCUT2D eigenvalue weighted by Crippen LogP contribution is -2.21. The fraction of sp³-hybridized carbons (Fsp3) is 0.833. The number of rotatable bonds is 1. The van der Waals surface area contributed by atoms with Gasteiger partial charge in [0, 0.05) is 5.92 Å². The summed E-state index contributed by atoms with van der Waals surface area (Å²) >= 11 is 0. The summed E-state index contributed by atoms with van der Waals surface area (Å²) in [6.45, 7) is 8.77. The molecule has 2 aliphatic rings. The van der Waals surface area contributed by atoms with Crippen molar-refractivity contribution in [3.63, 3.8) is 0 Å². The maximum atomic E-state index is 9.61. The summed E-state index contributed by atoms with van der Waals surface area (Å²) < 4.78 is 0. The summed E-state index contributed by atoms with van der Waals surface area (Å²) in [5, 5.41) is 9.61. The highest BCUT2D eigenvalue weighted by Crippen LogP contribution is 2.64. The van der Waals surface area contributed by atoms with Crippen molar-refractivity contribution in [3.8, 4) is 0 Å². The summed E-state index contributed by atoms with van der Waals surface area (Å²) in [6, 6.07) is 0. The third kappa shape index (κ3) is 1.25. The third-order valence-electron chi connectivity index (χ3n) is 4.26. The van der Waals surface area contributed by atoms with Crippen LogP contribution < -0.4 is 0 Å². The van der Waals surface area contributed by atoms with Gasteiger partial charge in [-0.25, -0.2) is 0 Å². The second kappa shape index (κ2) is 2.60. The molecule has 0 heterocycles. The number of allylic oxidation sites excluding steroid dienone is 1. The lowest BCUT2D eigenvalue weighted by Gasteiger charge is -2.23. The molecule has 1 heteroatoms. The van der Waals surface area contributed by atoms with Crippen LogP contribution in [0.15, 0.2) is 11.6 Å². The second-order valence-corrected chi connectivity index (χ2v) is 5.45. The van der Waals surface area contributed by atoms with Crippen LogP contribution in [0.3, 0.4) is 0 Å². The van der Waals surface area contributed by atoms with E-state index in [2.05, 4.69) is 26.8 Å². The van der Waals surface area contributed by atoms with Gasteiger partial charge in [-0.1, -0.05) is 25.5 Å². The lowest BCUT2D eigenvalue weighted by molar-refractivity contribution is 0.130. The van der Waals surface area contributed by atoms with E-state index in [1.807, 2.05) is 6.92 Å². The Morgan fingerprint density at radius 1 is 1.54 bits per heavy atom. The minimum atomic E-state index is -0.173. The van der Waals surface area contributed by atoms with Crippen LogP contribution in [0.2, 0.25) is 0 Å². The fourth-order valence-corrected chi connectivity index (χ4v) is 3.01. The van der Waals surface area contributed by atoms with E-state index in [0.29, 0.717) is 11.3 Å². The Kier molecular flexibility index (Phi) is 1.85. The van der Waals surface area contributed by atoms with Crippen LogP contribution in [-0.4, -0.2) is 11.2 Å². The molecule has 0 saturated heterocycles.